The molecule has 1 atom stereocenters. The lowest BCUT2D eigenvalue weighted by Gasteiger charge is -2.25. The Bertz CT molecular complexity index is 1260. The van der Waals surface area contributed by atoms with Crippen LogP contribution in [0.1, 0.15) is 27.5 Å². The van der Waals surface area contributed by atoms with Crippen LogP contribution in [0.4, 0.5) is 5.69 Å². The smallest absolute Gasteiger partial charge is 0.300 e. The third-order valence-corrected chi connectivity index (χ3v) is 5.72. The zero-order valence-electron chi connectivity index (χ0n) is 19.1. The Morgan fingerprint density at radius 3 is 2.03 bits per heavy atom. The fraction of sp³-hybridized carbons (Fsp3) is 0.148. The van der Waals surface area contributed by atoms with E-state index in [9.17, 15) is 19.5 Å². The molecule has 1 aliphatic heterocycles. The van der Waals surface area contributed by atoms with E-state index in [-0.39, 0.29) is 17.2 Å². The lowest BCUT2D eigenvalue weighted by atomic mass is 9.95. The number of ether oxygens (including phenoxy) is 1. The number of methoxy groups -OCH3 is 1. The Kier molecular flexibility index (Phi) is 6.19. The molecule has 3 aromatic rings. The summed E-state index contributed by atoms with van der Waals surface area (Å²) >= 11 is 0. The van der Waals surface area contributed by atoms with Crippen LogP contribution in [0.2, 0.25) is 0 Å². The van der Waals surface area contributed by atoms with Crippen LogP contribution in [0.25, 0.3) is 5.76 Å². The van der Waals surface area contributed by atoms with Crippen LogP contribution in [0.3, 0.4) is 0 Å². The molecule has 1 aliphatic rings. The second kappa shape index (κ2) is 9.23. The molecule has 4 rings (SSSR count). The monoisotopic (exact) mass is 456 g/mol. The molecule has 172 valence electrons. The Morgan fingerprint density at radius 2 is 1.47 bits per heavy atom. The minimum Gasteiger partial charge on any atom is -0.507 e. The average molecular weight is 456 g/mol. The second-order valence-corrected chi connectivity index (χ2v) is 8.05. The fourth-order valence-electron chi connectivity index (χ4n) is 3.98. The molecule has 0 aromatic heterocycles. The minimum atomic E-state index is -0.835. The number of benzene rings is 3. The van der Waals surface area contributed by atoms with Crippen LogP contribution in [-0.4, -0.2) is 48.8 Å². The molecule has 0 bridgehead atoms. The number of nitrogens with zero attached hydrogens (tertiary/aromatic N) is 2. The van der Waals surface area contributed by atoms with Gasteiger partial charge >= 0.3 is 0 Å². The first-order chi connectivity index (χ1) is 16.3. The predicted octanol–water partition coefficient (Wildman–Crippen LogP) is 4.02. The van der Waals surface area contributed by atoms with Crippen LogP contribution in [0.15, 0.2) is 84.4 Å². The number of aliphatic hydroxyl groups excluding tert-OH is 1. The molecule has 1 saturated heterocycles. The average Bonchev–Trinajstić information content (AvgIpc) is 3.14. The Labute approximate surface area is 197 Å². The number of anilines is 1. The highest BCUT2D eigenvalue weighted by atomic mass is 16.5. The number of amides is 2. The number of hydrogen-bond acceptors (Lipinski definition) is 5. The number of carbonyl (C=O) groups is 3. The third kappa shape index (κ3) is 4.03. The molecule has 0 aliphatic carbocycles. The molecule has 0 radical (unpaired) electrons. The summed E-state index contributed by atoms with van der Waals surface area (Å²) in [6.07, 6.45) is 0. The minimum absolute atomic E-state index is 0.00480. The molecule has 34 heavy (non-hydrogen) atoms. The molecule has 1 heterocycles. The number of aliphatic hydroxyl groups is 1. The number of Topliss-reactive ketones (excluding diaryl/α,β-unsaturated/α-hetero) is 1. The van der Waals surface area contributed by atoms with Crippen molar-refractivity contribution < 1.29 is 24.2 Å². The van der Waals surface area contributed by atoms with Crippen LogP contribution in [0.5, 0.6) is 5.75 Å². The Balaban J connectivity index is 1.84. The van der Waals surface area contributed by atoms with Crippen molar-refractivity contribution in [1.29, 1.82) is 0 Å². The van der Waals surface area contributed by atoms with Gasteiger partial charge in [0.1, 0.15) is 11.5 Å². The molecule has 0 spiro atoms. The van der Waals surface area contributed by atoms with E-state index in [0.29, 0.717) is 28.1 Å². The Morgan fingerprint density at radius 1 is 0.882 bits per heavy atom. The number of rotatable bonds is 5. The normalized spacial score (nSPS) is 17.0. The van der Waals surface area contributed by atoms with Gasteiger partial charge in [-0.25, -0.2) is 0 Å². The molecule has 1 N–H and O–H groups in total. The van der Waals surface area contributed by atoms with E-state index in [1.807, 2.05) is 18.2 Å². The van der Waals surface area contributed by atoms with Gasteiger partial charge in [-0.05, 0) is 54.1 Å². The molecule has 2 amide bonds. The summed E-state index contributed by atoms with van der Waals surface area (Å²) in [5, 5.41) is 11.1. The zero-order valence-corrected chi connectivity index (χ0v) is 19.1. The van der Waals surface area contributed by atoms with Crippen molar-refractivity contribution >= 4 is 29.0 Å². The molecule has 0 saturated carbocycles. The van der Waals surface area contributed by atoms with E-state index < -0.39 is 17.7 Å². The summed E-state index contributed by atoms with van der Waals surface area (Å²) in [5.74, 6) is -1.38. The van der Waals surface area contributed by atoms with Gasteiger partial charge in [0.25, 0.3) is 17.6 Å². The molecular weight excluding hydrogens is 432 g/mol. The fourth-order valence-corrected chi connectivity index (χ4v) is 3.98. The van der Waals surface area contributed by atoms with E-state index in [0.717, 1.165) is 0 Å². The van der Waals surface area contributed by atoms with Gasteiger partial charge in [0.15, 0.2) is 0 Å². The van der Waals surface area contributed by atoms with E-state index in [4.69, 9.17) is 4.74 Å². The summed E-state index contributed by atoms with van der Waals surface area (Å²) in [7, 11) is 4.85. The molecule has 1 fully saturated rings. The first-order valence-corrected chi connectivity index (χ1v) is 10.7. The van der Waals surface area contributed by atoms with Gasteiger partial charge < -0.3 is 14.7 Å². The van der Waals surface area contributed by atoms with Crippen LogP contribution >= 0.6 is 0 Å². The lowest BCUT2D eigenvalue weighted by molar-refractivity contribution is -0.132. The first-order valence-electron chi connectivity index (χ1n) is 10.7. The summed E-state index contributed by atoms with van der Waals surface area (Å²) in [5.41, 5.74) is 1.96. The maximum atomic E-state index is 13.2. The van der Waals surface area contributed by atoms with Crippen molar-refractivity contribution in [2.24, 2.45) is 0 Å². The first kappa shape index (κ1) is 22.8. The van der Waals surface area contributed by atoms with Crippen molar-refractivity contribution in [3.05, 3.63) is 101 Å². The van der Waals surface area contributed by atoms with Gasteiger partial charge in [0, 0.05) is 30.9 Å². The Hall–Kier alpha value is -4.39. The van der Waals surface area contributed by atoms with Gasteiger partial charge in [-0.3, -0.25) is 19.3 Å². The standard InChI is InChI=1S/C27H24N2O5/c1-28(2)26(32)19-9-13-20(14-10-19)29-23(17-7-5-4-6-8-17)22(25(31)27(29)33)24(30)18-11-15-21(34-3)16-12-18/h4-16,23,30H,1-3H3/b24-22-. The largest absolute Gasteiger partial charge is 0.507 e. The van der Waals surface area contributed by atoms with Crippen molar-refractivity contribution in [3.63, 3.8) is 0 Å². The SMILES string of the molecule is COc1ccc(/C(O)=C2/C(=O)C(=O)N(c3ccc(C(=O)N(C)C)cc3)C2c2ccccc2)cc1. The quantitative estimate of drug-likeness (QED) is 0.356. The molecule has 7 nitrogen and oxygen atoms in total. The highest BCUT2D eigenvalue weighted by molar-refractivity contribution is 6.51. The van der Waals surface area contributed by atoms with E-state index >= 15 is 0 Å². The van der Waals surface area contributed by atoms with Crippen molar-refractivity contribution in [1.82, 2.24) is 4.90 Å². The summed E-state index contributed by atoms with van der Waals surface area (Å²) in [4.78, 5) is 41.5. The van der Waals surface area contributed by atoms with Crippen molar-refractivity contribution in [2.45, 2.75) is 6.04 Å². The number of carbonyl (C=O) groups excluding carboxylic acids is 3. The van der Waals surface area contributed by atoms with Crippen molar-refractivity contribution in [3.8, 4) is 5.75 Å². The van der Waals surface area contributed by atoms with Crippen LogP contribution in [0, 0.1) is 0 Å². The van der Waals surface area contributed by atoms with Gasteiger partial charge in [0.05, 0.1) is 18.7 Å². The van der Waals surface area contributed by atoms with Gasteiger partial charge in [-0.2, -0.15) is 0 Å². The van der Waals surface area contributed by atoms with Gasteiger partial charge in [-0.1, -0.05) is 30.3 Å². The maximum absolute atomic E-state index is 13.2. The highest BCUT2D eigenvalue weighted by Crippen LogP contribution is 2.42. The topological polar surface area (TPSA) is 87.1 Å². The molecule has 1 unspecified atom stereocenters. The second-order valence-electron chi connectivity index (χ2n) is 8.05. The van der Waals surface area contributed by atoms with E-state index in [1.54, 1.807) is 74.8 Å². The molecule has 7 heteroatoms. The van der Waals surface area contributed by atoms with E-state index in [2.05, 4.69) is 0 Å². The summed E-state index contributed by atoms with van der Waals surface area (Å²) < 4.78 is 5.17. The van der Waals surface area contributed by atoms with E-state index in [1.165, 1.54) is 16.9 Å². The molecule has 3 aromatic carbocycles. The van der Waals surface area contributed by atoms with Crippen molar-refractivity contribution in [2.75, 3.05) is 26.1 Å². The molecular formula is C27H24N2O5. The number of hydrogen-bond donors (Lipinski definition) is 1. The zero-order chi connectivity index (χ0) is 24.4. The maximum Gasteiger partial charge on any atom is 0.300 e. The van der Waals surface area contributed by atoms with Gasteiger partial charge in [-0.15, -0.1) is 0 Å². The lowest BCUT2D eigenvalue weighted by Crippen LogP contribution is -2.29. The summed E-state index contributed by atoms with van der Waals surface area (Å²) in [6.45, 7) is 0. The summed E-state index contributed by atoms with van der Waals surface area (Å²) in [6, 6.07) is 21.3. The number of ketones is 1. The predicted molar refractivity (Wildman–Crippen MR) is 129 cm³/mol. The van der Waals surface area contributed by atoms with Gasteiger partial charge in [0.2, 0.25) is 0 Å². The highest BCUT2D eigenvalue weighted by Gasteiger charge is 2.46. The van der Waals surface area contributed by atoms with Crippen LogP contribution < -0.4 is 9.64 Å². The van der Waals surface area contributed by atoms with Crippen LogP contribution in [-0.2, 0) is 9.59 Å². The third-order valence-electron chi connectivity index (χ3n) is 5.72.